The molecule has 17 heavy (non-hydrogen) atoms. The highest BCUT2D eigenvalue weighted by atomic mass is 32.2. The Labute approximate surface area is 98.5 Å². The molecule has 0 radical (unpaired) electrons. The molecule has 98 valence electrons. The van der Waals surface area contributed by atoms with Gasteiger partial charge in [-0.3, -0.25) is 4.79 Å². The number of nitrogens with one attached hydrogen (secondary N) is 2. The lowest BCUT2D eigenvalue weighted by Crippen LogP contribution is -2.61. The summed E-state index contributed by atoms with van der Waals surface area (Å²) in [7, 11) is -4.22. The van der Waals surface area contributed by atoms with Gasteiger partial charge in [0, 0.05) is 0 Å². The van der Waals surface area contributed by atoms with Crippen LogP contribution in [-0.4, -0.2) is 37.7 Å². The minimum atomic E-state index is -4.22. The van der Waals surface area contributed by atoms with Gasteiger partial charge in [0.1, 0.15) is 5.54 Å². The molecule has 1 rings (SSSR count). The molecule has 0 bridgehead atoms. The summed E-state index contributed by atoms with van der Waals surface area (Å²) in [6.45, 7) is 1.54. The van der Waals surface area contributed by atoms with Crippen LogP contribution in [0.1, 0.15) is 26.2 Å². The van der Waals surface area contributed by atoms with Crippen molar-refractivity contribution in [3.63, 3.8) is 0 Å². The van der Waals surface area contributed by atoms with Crippen LogP contribution >= 0.6 is 0 Å². The minimum absolute atomic E-state index is 0.0193. The standard InChI is InChI=1S/C8H14N2O6S/c1-2-16-7(13)9-17(14,15)10-8(6(11)12)4-3-5-8/h10H,2-5H2,1H3,(H,9,13)(H,11,12). The van der Waals surface area contributed by atoms with E-state index < -0.39 is 27.8 Å². The third-order valence-electron chi connectivity index (χ3n) is 2.44. The number of carboxylic acids is 1. The number of ether oxygens (including phenoxy) is 1. The second-order valence-electron chi connectivity index (χ2n) is 3.67. The molecular weight excluding hydrogens is 252 g/mol. The summed E-state index contributed by atoms with van der Waals surface area (Å²) in [5.41, 5.74) is -1.50. The molecule has 0 unspecified atom stereocenters. The van der Waals surface area contributed by atoms with Gasteiger partial charge in [-0.15, -0.1) is 0 Å². The molecule has 0 saturated heterocycles. The van der Waals surface area contributed by atoms with Crippen molar-refractivity contribution in [3.05, 3.63) is 0 Å². The largest absolute Gasteiger partial charge is 0.480 e. The van der Waals surface area contributed by atoms with Crippen LogP contribution in [0.5, 0.6) is 0 Å². The third-order valence-corrected chi connectivity index (χ3v) is 3.53. The van der Waals surface area contributed by atoms with Gasteiger partial charge in [0.25, 0.3) is 0 Å². The number of carbonyl (C=O) groups is 2. The molecule has 1 saturated carbocycles. The molecule has 0 heterocycles. The van der Waals surface area contributed by atoms with Crippen molar-refractivity contribution in [1.29, 1.82) is 0 Å². The maximum absolute atomic E-state index is 11.4. The average Bonchev–Trinajstić information content (AvgIpc) is 2.10. The van der Waals surface area contributed by atoms with Crippen LogP contribution in [0.3, 0.4) is 0 Å². The van der Waals surface area contributed by atoms with Crippen LogP contribution in [0, 0.1) is 0 Å². The van der Waals surface area contributed by atoms with Gasteiger partial charge in [-0.05, 0) is 26.2 Å². The van der Waals surface area contributed by atoms with E-state index in [4.69, 9.17) is 5.11 Å². The number of rotatable bonds is 5. The first kappa shape index (κ1) is 13.7. The number of hydrogen-bond donors (Lipinski definition) is 3. The molecule has 0 aromatic carbocycles. The van der Waals surface area contributed by atoms with Crippen molar-refractivity contribution in [2.24, 2.45) is 0 Å². The topological polar surface area (TPSA) is 122 Å². The number of carbonyl (C=O) groups excluding carboxylic acids is 1. The van der Waals surface area contributed by atoms with Gasteiger partial charge in [-0.1, -0.05) is 0 Å². The van der Waals surface area contributed by atoms with E-state index in [0.29, 0.717) is 6.42 Å². The molecular formula is C8H14N2O6S. The maximum atomic E-state index is 11.4. The Kier molecular flexibility index (Phi) is 3.94. The lowest BCUT2D eigenvalue weighted by Gasteiger charge is -2.37. The van der Waals surface area contributed by atoms with Gasteiger partial charge >= 0.3 is 22.3 Å². The van der Waals surface area contributed by atoms with E-state index in [1.165, 1.54) is 6.92 Å². The first-order chi connectivity index (χ1) is 7.81. The van der Waals surface area contributed by atoms with E-state index in [0.717, 1.165) is 0 Å². The predicted octanol–water partition coefficient (Wildman–Crippen LogP) is -0.426. The maximum Gasteiger partial charge on any atom is 0.421 e. The minimum Gasteiger partial charge on any atom is -0.480 e. The Bertz CT molecular complexity index is 414. The van der Waals surface area contributed by atoms with Gasteiger partial charge in [0.2, 0.25) is 0 Å². The molecule has 3 N–H and O–H groups in total. The molecule has 0 aromatic rings. The second kappa shape index (κ2) is 4.88. The summed E-state index contributed by atoms with van der Waals surface area (Å²) >= 11 is 0. The molecule has 8 nitrogen and oxygen atoms in total. The van der Waals surface area contributed by atoms with E-state index in [-0.39, 0.29) is 19.4 Å². The quantitative estimate of drug-likeness (QED) is 0.621. The molecule has 0 aliphatic heterocycles. The molecule has 1 amide bonds. The lowest BCUT2D eigenvalue weighted by atomic mass is 9.78. The van der Waals surface area contributed by atoms with E-state index in [1.807, 2.05) is 4.72 Å². The van der Waals surface area contributed by atoms with Crippen molar-refractivity contribution in [2.75, 3.05) is 6.61 Å². The van der Waals surface area contributed by atoms with Crippen LogP contribution in [0.2, 0.25) is 0 Å². The van der Waals surface area contributed by atoms with Gasteiger partial charge in [0.05, 0.1) is 6.61 Å². The first-order valence-electron chi connectivity index (χ1n) is 5.03. The van der Waals surface area contributed by atoms with Crippen molar-refractivity contribution >= 4 is 22.3 Å². The monoisotopic (exact) mass is 266 g/mol. The summed E-state index contributed by atoms with van der Waals surface area (Å²) < 4.78 is 30.8. The number of carboxylic acid groups (broad SMARTS) is 1. The van der Waals surface area contributed by atoms with Crippen LogP contribution < -0.4 is 9.44 Å². The molecule has 9 heteroatoms. The smallest absolute Gasteiger partial charge is 0.421 e. The molecule has 0 spiro atoms. The molecule has 1 fully saturated rings. The predicted molar refractivity (Wildman–Crippen MR) is 56.4 cm³/mol. The SMILES string of the molecule is CCOC(=O)NS(=O)(=O)NC1(C(=O)O)CCC1. The molecule has 1 aliphatic carbocycles. The van der Waals surface area contributed by atoms with E-state index in [2.05, 4.69) is 4.74 Å². The van der Waals surface area contributed by atoms with E-state index in [9.17, 15) is 18.0 Å². The molecule has 0 aromatic heterocycles. The van der Waals surface area contributed by atoms with E-state index >= 15 is 0 Å². The van der Waals surface area contributed by atoms with Gasteiger partial charge in [0.15, 0.2) is 0 Å². The Morgan fingerprint density at radius 2 is 2.00 bits per heavy atom. The Morgan fingerprint density at radius 3 is 2.35 bits per heavy atom. The Balaban J connectivity index is 2.66. The van der Waals surface area contributed by atoms with Crippen LogP contribution in [0.25, 0.3) is 0 Å². The fraction of sp³-hybridized carbons (Fsp3) is 0.750. The van der Waals surface area contributed by atoms with Gasteiger partial charge < -0.3 is 9.84 Å². The van der Waals surface area contributed by atoms with E-state index in [1.54, 1.807) is 4.72 Å². The average molecular weight is 266 g/mol. The normalized spacial score (nSPS) is 17.9. The van der Waals surface area contributed by atoms with Crippen molar-refractivity contribution in [1.82, 2.24) is 9.44 Å². The number of amides is 1. The Hall–Kier alpha value is -1.35. The number of hydrogen-bond acceptors (Lipinski definition) is 5. The zero-order valence-corrected chi connectivity index (χ0v) is 10.0. The summed E-state index contributed by atoms with van der Waals surface area (Å²) in [6, 6.07) is 0. The third kappa shape index (κ3) is 3.30. The van der Waals surface area contributed by atoms with Crippen LogP contribution in [0.15, 0.2) is 0 Å². The van der Waals surface area contributed by atoms with Crippen molar-refractivity contribution in [3.8, 4) is 0 Å². The van der Waals surface area contributed by atoms with Crippen LogP contribution in [-0.2, 0) is 19.7 Å². The lowest BCUT2D eigenvalue weighted by molar-refractivity contribution is -0.147. The number of aliphatic carboxylic acids is 1. The highest BCUT2D eigenvalue weighted by Crippen LogP contribution is 2.32. The Morgan fingerprint density at radius 1 is 1.41 bits per heavy atom. The van der Waals surface area contributed by atoms with Gasteiger partial charge in [-0.2, -0.15) is 13.1 Å². The van der Waals surface area contributed by atoms with Gasteiger partial charge in [-0.25, -0.2) is 9.52 Å². The zero-order valence-electron chi connectivity index (χ0n) is 9.23. The summed E-state index contributed by atoms with van der Waals surface area (Å²) in [5, 5.41) is 8.91. The van der Waals surface area contributed by atoms with Crippen molar-refractivity contribution in [2.45, 2.75) is 31.7 Å². The first-order valence-corrected chi connectivity index (χ1v) is 6.51. The van der Waals surface area contributed by atoms with Crippen LogP contribution in [0.4, 0.5) is 4.79 Å². The highest BCUT2D eigenvalue weighted by Gasteiger charge is 2.47. The second-order valence-corrected chi connectivity index (χ2v) is 5.08. The summed E-state index contributed by atoms with van der Waals surface area (Å²) in [4.78, 5) is 21.8. The summed E-state index contributed by atoms with van der Waals surface area (Å²) in [6.07, 6.45) is -0.119. The molecule has 1 aliphatic rings. The zero-order chi connectivity index (χ0) is 13.1. The highest BCUT2D eigenvalue weighted by molar-refractivity contribution is 7.88. The fourth-order valence-corrected chi connectivity index (χ4v) is 2.58. The van der Waals surface area contributed by atoms with Crippen molar-refractivity contribution < 1.29 is 27.9 Å². The molecule has 0 atom stereocenters. The fourth-order valence-electron chi connectivity index (χ4n) is 1.44. The summed E-state index contributed by atoms with van der Waals surface area (Å²) in [5.74, 6) is -1.25.